The molecular weight excluding hydrogens is 412 g/mol. The fourth-order valence-electron chi connectivity index (χ4n) is 2.87. The van der Waals surface area contributed by atoms with Gasteiger partial charge in [-0.2, -0.15) is 4.31 Å². The number of thiophene rings is 2. The van der Waals surface area contributed by atoms with Crippen LogP contribution in [0, 0.1) is 0 Å². The zero-order valence-corrected chi connectivity index (χ0v) is 17.7. The highest BCUT2D eigenvalue weighted by Gasteiger charge is 2.27. The second-order valence-corrected chi connectivity index (χ2v) is 11.5. The van der Waals surface area contributed by atoms with Gasteiger partial charge >= 0.3 is 0 Å². The van der Waals surface area contributed by atoms with E-state index < -0.39 is 10.0 Å². The summed E-state index contributed by atoms with van der Waals surface area (Å²) in [6.45, 7) is 1.67. The van der Waals surface area contributed by atoms with Crippen molar-refractivity contribution in [1.82, 2.24) is 9.21 Å². The highest BCUT2D eigenvalue weighted by molar-refractivity contribution is 7.91. The van der Waals surface area contributed by atoms with Crippen LogP contribution in [0.3, 0.4) is 0 Å². The Bertz CT molecular complexity index is 869. The van der Waals surface area contributed by atoms with Gasteiger partial charge in [-0.1, -0.05) is 18.0 Å². The molecule has 1 amide bonds. The lowest BCUT2D eigenvalue weighted by atomic mass is 10.2. The Labute approximate surface area is 167 Å². The molecule has 0 bridgehead atoms. The van der Waals surface area contributed by atoms with Gasteiger partial charge in [-0.15, -0.1) is 22.7 Å². The number of hydrogen-bond donors (Lipinski definition) is 0. The first-order chi connectivity index (χ1) is 12.4. The quantitative estimate of drug-likeness (QED) is 0.696. The van der Waals surface area contributed by atoms with Gasteiger partial charge in [0.15, 0.2) is 0 Å². The van der Waals surface area contributed by atoms with E-state index in [2.05, 4.69) is 0 Å². The van der Waals surface area contributed by atoms with Crippen LogP contribution in [-0.4, -0.2) is 43.7 Å². The van der Waals surface area contributed by atoms with E-state index in [0.29, 0.717) is 28.2 Å². The van der Waals surface area contributed by atoms with Crippen LogP contribution in [0.1, 0.15) is 29.0 Å². The molecule has 2 aromatic rings. The first-order valence-corrected chi connectivity index (χ1v) is 11.9. The summed E-state index contributed by atoms with van der Waals surface area (Å²) in [4.78, 5) is 15.9. The SMILES string of the molecule is CN(Cc1ccc(Cl)s1)C(=O)Cc1ccc(S(=O)(=O)N2CCCCC2)s1. The predicted octanol–water partition coefficient (Wildman–Crippen LogP) is 3.84. The molecule has 0 unspecified atom stereocenters. The summed E-state index contributed by atoms with van der Waals surface area (Å²) < 4.78 is 28.0. The minimum Gasteiger partial charge on any atom is -0.340 e. The molecule has 0 aliphatic carbocycles. The lowest BCUT2D eigenvalue weighted by Crippen LogP contribution is -2.35. The van der Waals surface area contributed by atoms with Crippen LogP contribution < -0.4 is 0 Å². The molecule has 1 saturated heterocycles. The van der Waals surface area contributed by atoms with E-state index in [-0.39, 0.29) is 12.3 Å². The Morgan fingerprint density at radius 2 is 1.81 bits per heavy atom. The van der Waals surface area contributed by atoms with Crippen molar-refractivity contribution in [3.8, 4) is 0 Å². The Kier molecular flexibility index (Phi) is 6.40. The van der Waals surface area contributed by atoms with E-state index in [9.17, 15) is 13.2 Å². The summed E-state index contributed by atoms with van der Waals surface area (Å²) in [6.07, 6.45) is 3.11. The minimum atomic E-state index is -3.43. The number of halogens is 1. The fraction of sp³-hybridized carbons (Fsp3) is 0.471. The predicted molar refractivity (Wildman–Crippen MR) is 106 cm³/mol. The molecule has 1 aliphatic rings. The maximum Gasteiger partial charge on any atom is 0.252 e. The molecule has 3 heterocycles. The average molecular weight is 433 g/mol. The number of nitrogens with zero attached hydrogens (tertiary/aromatic N) is 2. The first kappa shape index (κ1) is 19.8. The first-order valence-electron chi connectivity index (χ1n) is 8.43. The van der Waals surface area contributed by atoms with Crippen LogP contribution in [0.4, 0.5) is 0 Å². The number of rotatable bonds is 6. The van der Waals surface area contributed by atoms with Gasteiger partial charge in [-0.25, -0.2) is 8.42 Å². The van der Waals surface area contributed by atoms with Crippen molar-refractivity contribution in [2.24, 2.45) is 0 Å². The van der Waals surface area contributed by atoms with Gasteiger partial charge in [0.05, 0.1) is 17.3 Å². The number of piperidine rings is 1. The van der Waals surface area contributed by atoms with Crippen molar-refractivity contribution >= 4 is 50.2 Å². The lowest BCUT2D eigenvalue weighted by Gasteiger charge is -2.25. The number of carbonyl (C=O) groups excluding carboxylic acids is 1. The molecule has 0 saturated carbocycles. The number of hydrogen-bond acceptors (Lipinski definition) is 5. The zero-order valence-electron chi connectivity index (χ0n) is 14.5. The van der Waals surface area contributed by atoms with Gasteiger partial charge in [-0.3, -0.25) is 4.79 Å². The van der Waals surface area contributed by atoms with Crippen molar-refractivity contribution in [2.45, 2.75) is 36.4 Å². The van der Waals surface area contributed by atoms with E-state index >= 15 is 0 Å². The molecule has 1 fully saturated rings. The largest absolute Gasteiger partial charge is 0.340 e. The van der Waals surface area contributed by atoms with E-state index in [1.165, 1.54) is 22.7 Å². The van der Waals surface area contributed by atoms with Gasteiger partial charge in [0.25, 0.3) is 10.0 Å². The van der Waals surface area contributed by atoms with Crippen LogP contribution in [0.15, 0.2) is 28.5 Å². The van der Waals surface area contributed by atoms with Gasteiger partial charge in [-0.05, 0) is 37.1 Å². The van der Waals surface area contributed by atoms with Gasteiger partial charge in [0.2, 0.25) is 5.91 Å². The lowest BCUT2D eigenvalue weighted by molar-refractivity contribution is -0.129. The third kappa shape index (κ3) is 4.67. The Balaban J connectivity index is 1.63. The molecule has 5 nitrogen and oxygen atoms in total. The maximum atomic E-state index is 12.7. The third-order valence-corrected chi connectivity index (χ3v) is 8.99. The van der Waals surface area contributed by atoms with Crippen LogP contribution in [0.25, 0.3) is 0 Å². The van der Waals surface area contributed by atoms with Crippen molar-refractivity contribution in [3.63, 3.8) is 0 Å². The van der Waals surface area contributed by atoms with E-state index in [0.717, 1.165) is 29.0 Å². The molecular formula is C17H21ClN2O3S3. The van der Waals surface area contributed by atoms with Crippen molar-refractivity contribution < 1.29 is 13.2 Å². The van der Waals surface area contributed by atoms with Gasteiger partial charge < -0.3 is 4.90 Å². The highest BCUT2D eigenvalue weighted by Crippen LogP contribution is 2.28. The van der Waals surface area contributed by atoms with E-state index in [1.807, 2.05) is 12.1 Å². The average Bonchev–Trinajstić information content (AvgIpc) is 3.25. The molecule has 0 atom stereocenters. The van der Waals surface area contributed by atoms with Gasteiger partial charge in [0.1, 0.15) is 4.21 Å². The molecule has 2 aromatic heterocycles. The molecule has 3 rings (SSSR count). The molecule has 0 spiro atoms. The number of amides is 1. The van der Waals surface area contributed by atoms with Crippen molar-refractivity contribution in [1.29, 1.82) is 0 Å². The summed E-state index contributed by atoms with van der Waals surface area (Å²) in [5, 5.41) is 0. The van der Waals surface area contributed by atoms with E-state index in [4.69, 9.17) is 11.6 Å². The molecule has 9 heteroatoms. The van der Waals surface area contributed by atoms with Crippen molar-refractivity contribution in [3.05, 3.63) is 38.4 Å². The number of sulfonamides is 1. The monoisotopic (exact) mass is 432 g/mol. The van der Waals surface area contributed by atoms with Crippen LogP contribution in [0.5, 0.6) is 0 Å². The second kappa shape index (κ2) is 8.39. The Morgan fingerprint density at radius 3 is 2.46 bits per heavy atom. The molecule has 0 radical (unpaired) electrons. The summed E-state index contributed by atoms with van der Waals surface area (Å²) in [7, 11) is -1.68. The van der Waals surface area contributed by atoms with Gasteiger partial charge in [0, 0.05) is 29.9 Å². The second-order valence-electron chi connectivity index (χ2n) is 6.32. The van der Waals surface area contributed by atoms with Crippen LogP contribution in [0.2, 0.25) is 4.34 Å². The Hall–Kier alpha value is -0.930. The van der Waals surface area contributed by atoms with Crippen LogP contribution in [-0.2, 0) is 27.8 Å². The number of carbonyl (C=O) groups is 1. The minimum absolute atomic E-state index is 0.0432. The zero-order chi connectivity index (χ0) is 18.7. The number of likely N-dealkylation sites (N-methyl/N-ethyl adjacent to an activating group) is 1. The molecule has 1 aliphatic heterocycles. The molecule has 26 heavy (non-hydrogen) atoms. The molecule has 0 aromatic carbocycles. The highest BCUT2D eigenvalue weighted by atomic mass is 35.5. The topological polar surface area (TPSA) is 57.7 Å². The smallest absolute Gasteiger partial charge is 0.252 e. The summed E-state index contributed by atoms with van der Waals surface area (Å²) in [6, 6.07) is 7.09. The molecule has 142 valence electrons. The van der Waals surface area contributed by atoms with E-state index in [1.54, 1.807) is 28.4 Å². The Morgan fingerprint density at radius 1 is 1.12 bits per heavy atom. The summed E-state index contributed by atoms with van der Waals surface area (Å²) in [5.74, 6) is -0.0432. The molecule has 0 N–H and O–H groups in total. The van der Waals surface area contributed by atoms with Crippen molar-refractivity contribution in [2.75, 3.05) is 20.1 Å². The third-order valence-electron chi connectivity index (χ3n) is 4.32. The summed E-state index contributed by atoms with van der Waals surface area (Å²) in [5.41, 5.74) is 0. The standard InChI is InChI=1S/C17H21ClN2O3S3/c1-19(12-14-5-7-15(18)24-14)16(21)11-13-6-8-17(25-13)26(22,23)20-9-3-2-4-10-20/h5-8H,2-4,9-12H2,1H3. The fourth-order valence-corrected chi connectivity index (χ4v) is 7.03. The maximum absolute atomic E-state index is 12.7. The summed E-state index contributed by atoms with van der Waals surface area (Å²) >= 11 is 8.56. The van der Waals surface area contributed by atoms with Crippen LogP contribution >= 0.6 is 34.3 Å². The normalized spacial score (nSPS) is 15.9.